The molecule has 0 heterocycles. The molecule has 14 heavy (non-hydrogen) atoms. The molecule has 0 rings (SSSR count). The summed E-state index contributed by atoms with van der Waals surface area (Å²) in [6.45, 7) is 5.83. The summed E-state index contributed by atoms with van der Waals surface area (Å²) in [6.07, 6.45) is 0.790. The number of nitrogens with two attached hydrogens (primary N) is 3. The molecule has 4 heteroatoms. The van der Waals surface area contributed by atoms with Crippen molar-refractivity contribution in [3.63, 3.8) is 0 Å². The molecule has 0 radical (unpaired) electrons. The molecule has 0 aliphatic heterocycles. The van der Waals surface area contributed by atoms with Gasteiger partial charge in [-0.05, 0) is 32.5 Å². The van der Waals surface area contributed by atoms with Crippen LogP contribution in [0.5, 0.6) is 0 Å². The average molecular weight is 202 g/mol. The smallest absolute Gasteiger partial charge is 0.0257 e. The highest BCUT2D eigenvalue weighted by Crippen LogP contribution is 2.22. The zero-order chi connectivity index (χ0) is 11.4. The van der Waals surface area contributed by atoms with Gasteiger partial charge in [-0.3, -0.25) is 0 Å². The van der Waals surface area contributed by atoms with Crippen molar-refractivity contribution in [2.75, 3.05) is 27.2 Å². The predicted molar refractivity (Wildman–Crippen MR) is 62.0 cm³/mol. The van der Waals surface area contributed by atoms with E-state index in [-0.39, 0.29) is 17.5 Å². The van der Waals surface area contributed by atoms with Crippen LogP contribution < -0.4 is 17.2 Å². The van der Waals surface area contributed by atoms with Gasteiger partial charge in [0.15, 0.2) is 0 Å². The first-order valence-electron chi connectivity index (χ1n) is 5.17. The van der Waals surface area contributed by atoms with Gasteiger partial charge in [-0.15, -0.1) is 0 Å². The highest BCUT2D eigenvalue weighted by molar-refractivity contribution is 4.90. The molecular weight excluding hydrogens is 176 g/mol. The van der Waals surface area contributed by atoms with Crippen LogP contribution in [0.1, 0.15) is 20.3 Å². The molecule has 2 unspecified atom stereocenters. The maximum absolute atomic E-state index is 6.12. The standard InChI is InChI=1S/C10H26N4/c1-10(2,7-14(3)4)9(13)8(12)5-6-11/h8-9H,5-7,11-13H2,1-4H3. The van der Waals surface area contributed by atoms with E-state index in [0.29, 0.717) is 6.54 Å². The first-order valence-corrected chi connectivity index (χ1v) is 5.17. The molecule has 0 saturated heterocycles. The minimum atomic E-state index is -0.00606. The van der Waals surface area contributed by atoms with E-state index >= 15 is 0 Å². The quantitative estimate of drug-likeness (QED) is 0.546. The second kappa shape index (κ2) is 5.66. The van der Waals surface area contributed by atoms with E-state index in [9.17, 15) is 0 Å². The van der Waals surface area contributed by atoms with Gasteiger partial charge in [0.2, 0.25) is 0 Å². The lowest BCUT2D eigenvalue weighted by Gasteiger charge is -2.37. The van der Waals surface area contributed by atoms with Crippen molar-refractivity contribution in [1.29, 1.82) is 0 Å². The van der Waals surface area contributed by atoms with Gasteiger partial charge >= 0.3 is 0 Å². The molecule has 0 bridgehead atoms. The summed E-state index contributed by atoms with van der Waals surface area (Å²) in [5, 5.41) is 0. The van der Waals surface area contributed by atoms with Crippen molar-refractivity contribution in [1.82, 2.24) is 4.90 Å². The lowest BCUT2D eigenvalue weighted by molar-refractivity contribution is 0.179. The number of rotatable bonds is 6. The molecule has 0 saturated carbocycles. The highest BCUT2D eigenvalue weighted by atomic mass is 15.1. The van der Waals surface area contributed by atoms with Gasteiger partial charge < -0.3 is 22.1 Å². The number of hydrogen-bond acceptors (Lipinski definition) is 4. The maximum atomic E-state index is 6.12. The lowest BCUT2D eigenvalue weighted by atomic mass is 9.80. The summed E-state index contributed by atoms with van der Waals surface area (Å²) >= 11 is 0. The van der Waals surface area contributed by atoms with Crippen molar-refractivity contribution < 1.29 is 0 Å². The summed E-state index contributed by atoms with van der Waals surface area (Å²) in [4.78, 5) is 2.13. The third-order valence-electron chi connectivity index (χ3n) is 2.59. The molecule has 0 aromatic rings. The zero-order valence-electron chi connectivity index (χ0n) is 9.96. The zero-order valence-corrected chi connectivity index (χ0v) is 9.96. The summed E-state index contributed by atoms with van der Waals surface area (Å²) < 4.78 is 0. The van der Waals surface area contributed by atoms with Gasteiger partial charge in [0, 0.05) is 18.6 Å². The Balaban J connectivity index is 4.25. The van der Waals surface area contributed by atoms with E-state index in [1.54, 1.807) is 0 Å². The van der Waals surface area contributed by atoms with Crippen LogP contribution in [0.2, 0.25) is 0 Å². The first kappa shape index (κ1) is 13.8. The van der Waals surface area contributed by atoms with E-state index in [2.05, 4.69) is 18.7 Å². The largest absolute Gasteiger partial charge is 0.330 e. The van der Waals surface area contributed by atoms with Crippen LogP contribution >= 0.6 is 0 Å². The number of hydrogen-bond donors (Lipinski definition) is 3. The van der Waals surface area contributed by atoms with Gasteiger partial charge in [0.1, 0.15) is 0 Å². The van der Waals surface area contributed by atoms with Crippen molar-refractivity contribution in [2.45, 2.75) is 32.4 Å². The molecular formula is C10H26N4. The summed E-state index contributed by atoms with van der Waals surface area (Å²) in [6, 6.07) is -0.0107. The Morgan fingerprint density at radius 1 is 1.21 bits per heavy atom. The Morgan fingerprint density at radius 3 is 2.07 bits per heavy atom. The SMILES string of the molecule is CN(C)CC(C)(C)C(N)C(N)CCN. The fourth-order valence-electron chi connectivity index (χ4n) is 1.87. The fraction of sp³-hybridized carbons (Fsp3) is 1.00. The van der Waals surface area contributed by atoms with Crippen LogP contribution in [0, 0.1) is 5.41 Å². The highest BCUT2D eigenvalue weighted by Gasteiger charge is 2.30. The molecule has 0 aromatic carbocycles. The second-order valence-electron chi connectivity index (χ2n) is 4.99. The van der Waals surface area contributed by atoms with E-state index < -0.39 is 0 Å². The summed E-state index contributed by atoms with van der Waals surface area (Å²) in [7, 11) is 4.09. The van der Waals surface area contributed by atoms with Gasteiger partial charge in [0.05, 0.1) is 0 Å². The van der Waals surface area contributed by atoms with E-state index in [1.165, 1.54) is 0 Å². The Bertz CT molecular complexity index is 156. The topological polar surface area (TPSA) is 81.3 Å². The van der Waals surface area contributed by atoms with Crippen LogP contribution in [0.15, 0.2) is 0 Å². The van der Waals surface area contributed by atoms with Gasteiger partial charge in [0.25, 0.3) is 0 Å². The van der Waals surface area contributed by atoms with Crippen molar-refractivity contribution in [3.05, 3.63) is 0 Å². The van der Waals surface area contributed by atoms with Crippen LogP contribution in [-0.2, 0) is 0 Å². The fourth-order valence-corrected chi connectivity index (χ4v) is 1.87. The minimum Gasteiger partial charge on any atom is -0.330 e. The minimum absolute atomic E-state index is 0.00468. The normalized spacial score (nSPS) is 17.1. The summed E-state index contributed by atoms with van der Waals surface area (Å²) in [5.41, 5.74) is 17.6. The van der Waals surface area contributed by atoms with Crippen molar-refractivity contribution >= 4 is 0 Å². The molecule has 0 aliphatic rings. The first-order chi connectivity index (χ1) is 6.31. The molecule has 6 N–H and O–H groups in total. The Kier molecular flexibility index (Phi) is 5.59. The molecule has 0 aliphatic carbocycles. The lowest BCUT2D eigenvalue weighted by Crippen LogP contribution is -2.54. The van der Waals surface area contributed by atoms with Gasteiger partial charge in [-0.1, -0.05) is 13.8 Å². The molecule has 4 nitrogen and oxygen atoms in total. The average Bonchev–Trinajstić information content (AvgIpc) is 2.01. The molecule has 0 spiro atoms. The molecule has 0 amide bonds. The van der Waals surface area contributed by atoms with E-state index in [0.717, 1.165) is 13.0 Å². The van der Waals surface area contributed by atoms with Crippen molar-refractivity contribution in [3.8, 4) is 0 Å². The molecule has 0 aromatic heterocycles. The predicted octanol–water partition coefficient (Wildman–Crippen LogP) is -0.422. The second-order valence-corrected chi connectivity index (χ2v) is 4.99. The monoisotopic (exact) mass is 202 g/mol. The van der Waals surface area contributed by atoms with E-state index in [1.807, 2.05) is 14.1 Å². The Labute approximate surface area is 87.8 Å². The number of nitrogens with zero attached hydrogens (tertiary/aromatic N) is 1. The van der Waals surface area contributed by atoms with Crippen LogP contribution in [-0.4, -0.2) is 44.2 Å². The van der Waals surface area contributed by atoms with Crippen LogP contribution in [0.4, 0.5) is 0 Å². The van der Waals surface area contributed by atoms with E-state index in [4.69, 9.17) is 17.2 Å². The van der Waals surface area contributed by atoms with Gasteiger partial charge in [-0.25, -0.2) is 0 Å². The molecule has 86 valence electrons. The van der Waals surface area contributed by atoms with Crippen molar-refractivity contribution in [2.24, 2.45) is 22.6 Å². The molecule has 2 atom stereocenters. The van der Waals surface area contributed by atoms with Crippen LogP contribution in [0.3, 0.4) is 0 Å². The summed E-state index contributed by atoms with van der Waals surface area (Å²) in [5.74, 6) is 0. The Hall–Kier alpha value is -0.160. The third kappa shape index (κ3) is 4.37. The Morgan fingerprint density at radius 2 is 1.71 bits per heavy atom. The van der Waals surface area contributed by atoms with Gasteiger partial charge in [-0.2, -0.15) is 0 Å². The molecule has 0 fully saturated rings. The van der Waals surface area contributed by atoms with Crippen LogP contribution in [0.25, 0.3) is 0 Å². The third-order valence-corrected chi connectivity index (χ3v) is 2.59. The maximum Gasteiger partial charge on any atom is 0.0257 e.